The van der Waals surface area contributed by atoms with Crippen LogP contribution in [0.25, 0.3) is 0 Å². The fourth-order valence-electron chi connectivity index (χ4n) is 1.42. The van der Waals surface area contributed by atoms with Crippen molar-refractivity contribution in [2.45, 2.75) is 43.9 Å². The molecule has 3 atom stereocenters. The van der Waals surface area contributed by atoms with Gasteiger partial charge in [-0.1, -0.05) is 0 Å². The fraction of sp³-hybridized carbons (Fsp3) is 0.700. The lowest BCUT2D eigenvalue weighted by Crippen LogP contribution is -2.48. The van der Waals surface area contributed by atoms with Crippen LogP contribution < -0.4 is 16.8 Å². The summed E-state index contributed by atoms with van der Waals surface area (Å²) in [4.78, 5) is 31.7. The van der Waals surface area contributed by atoms with Gasteiger partial charge >= 0.3 is 17.9 Å². The highest BCUT2D eigenvalue weighted by Crippen LogP contribution is 2.03. The Morgan fingerprint density at radius 2 is 1.58 bits per heavy atom. The minimum atomic E-state index is -1.31. The predicted molar refractivity (Wildman–Crippen MR) is 64.2 cm³/mol. The maximum absolute atomic E-state index is 10.8. The third kappa shape index (κ3) is 8.08. The van der Waals surface area contributed by atoms with Gasteiger partial charge in [0.15, 0.2) is 0 Å². The van der Waals surface area contributed by atoms with E-state index in [2.05, 4.69) is 5.32 Å². The van der Waals surface area contributed by atoms with Gasteiger partial charge in [-0.25, -0.2) is 0 Å². The van der Waals surface area contributed by atoms with Crippen molar-refractivity contribution in [3.63, 3.8) is 0 Å². The monoisotopic (exact) mass is 277 g/mol. The molecule has 110 valence electrons. The molecule has 0 amide bonds. The van der Waals surface area contributed by atoms with E-state index in [-0.39, 0.29) is 6.42 Å². The van der Waals surface area contributed by atoms with Crippen LogP contribution in [0, 0.1) is 0 Å². The summed E-state index contributed by atoms with van der Waals surface area (Å²) in [6.45, 7) is 0. The second kappa shape index (κ2) is 8.40. The third-order valence-electron chi connectivity index (χ3n) is 2.44. The Kier molecular flexibility index (Phi) is 7.65. The Balaban J connectivity index is 4.06. The van der Waals surface area contributed by atoms with E-state index in [4.69, 9.17) is 26.8 Å². The minimum absolute atomic E-state index is 0.210. The highest BCUT2D eigenvalue weighted by molar-refractivity contribution is 5.80. The number of hydrogen-bond donors (Lipinski definition) is 6. The first kappa shape index (κ1) is 17.3. The first-order valence-electron chi connectivity index (χ1n) is 5.68. The van der Waals surface area contributed by atoms with Crippen molar-refractivity contribution in [2.24, 2.45) is 11.5 Å². The smallest absolute Gasteiger partial charge is 0.321 e. The maximum atomic E-state index is 10.8. The van der Waals surface area contributed by atoms with Crippen molar-refractivity contribution in [1.82, 2.24) is 5.32 Å². The van der Waals surface area contributed by atoms with E-state index >= 15 is 0 Å². The molecule has 0 rings (SSSR count). The average Bonchev–Trinajstić information content (AvgIpc) is 2.26. The van der Waals surface area contributed by atoms with Gasteiger partial charge in [0.25, 0.3) is 0 Å². The summed E-state index contributed by atoms with van der Waals surface area (Å²) in [5.41, 5.74) is 10.9. The molecule has 0 aliphatic heterocycles. The van der Waals surface area contributed by atoms with Gasteiger partial charge in [0.05, 0.1) is 12.6 Å². The molecule has 9 nitrogen and oxygen atoms in total. The van der Waals surface area contributed by atoms with Gasteiger partial charge in [-0.3, -0.25) is 19.7 Å². The summed E-state index contributed by atoms with van der Waals surface area (Å²) in [6, 6.07) is -2.26. The Bertz CT molecular complexity index is 335. The Morgan fingerprint density at radius 1 is 1.00 bits per heavy atom. The van der Waals surface area contributed by atoms with E-state index in [0.29, 0.717) is 12.8 Å². The van der Waals surface area contributed by atoms with Crippen molar-refractivity contribution in [3.8, 4) is 0 Å². The van der Waals surface area contributed by atoms with Crippen LogP contribution >= 0.6 is 0 Å². The quantitative estimate of drug-likeness (QED) is 0.256. The largest absolute Gasteiger partial charge is 0.481 e. The SMILES string of the molecule is NC(CCC[C@H](N)C(=O)O)N[C@@H](CC(=O)O)C(=O)O. The zero-order valence-corrected chi connectivity index (χ0v) is 10.3. The van der Waals surface area contributed by atoms with Crippen LogP contribution in [0.2, 0.25) is 0 Å². The summed E-state index contributed by atoms with van der Waals surface area (Å²) < 4.78 is 0. The van der Waals surface area contributed by atoms with E-state index in [0.717, 1.165) is 0 Å². The molecule has 0 aliphatic rings. The number of carboxylic acid groups (broad SMARTS) is 3. The molecule has 0 saturated heterocycles. The van der Waals surface area contributed by atoms with Crippen LogP contribution in [-0.4, -0.2) is 51.5 Å². The van der Waals surface area contributed by atoms with Crippen molar-refractivity contribution in [1.29, 1.82) is 0 Å². The van der Waals surface area contributed by atoms with Gasteiger partial charge in [0, 0.05) is 0 Å². The fourth-order valence-corrected chi connectivity index (χ4v) is 1.42. The van der Waals surface area contributed by atoms with Gasteiger partial charge in [0.1, 0.15) is 12.1 Å². The van der Waals surface area contributed by atoms with Gasteiger partial charge in [-0.15, -0.1) is 0 Å². The van der Waals surface area contributed by atoms with Crippen LogP contribution in [-0.2, 0) is 14.4 Å². The number of hydrogen-bond acceptors (Lipinski definition) is 6. The summed E-state index contributed by atoms with van der Waals surface area (Å²) in [6.07, 6.45) is -0.425. The van der Waals surface area contributed by atoms with Crippen LogP contribution in [0.15, 0.2) is 0 Å². The Labute approximate surface area is 109 Å². The number of nitrogens with two attached hydrogens (primary N) is 2. The van der Waals surface area contributed by atoms with Crippen molar-refractivity contribution >= 4 is 17.9 Å². The number of carboxylic acids is 3. The molecule has 0 saturated carbocycles. The van der Waals surface area contributed by atoms with E-state index < -0.39 is 42.6 Å². The first-order valence-corrected chi connectivity index (χ1v) is 5.68. The molecule has 0 fully saturated rings. The number of rotatable bonds is 10. The Hall–Kier alpha value is -1.71. The van der Waals surface area contributed by atoms with Crippen molar-refractivity contribution < 1.29 is 29.7 Å². The van der Waals surface area contributed by atoms with Crippen LogP contribution in [0.3, 0.4) is 0 Å². The minimum Gasteiger partial charge on any atom is -0.481 e. The van der Waals surface area contributed by atoms with Gasteiger partial charge in [0.2, 0.25) is 0 Å². The number of carbonyl (C=O) groups is 3. The molecule has 0 bridgehead atoms. The molecule has 0 aliphatic carbocycles. The summed E-state index contributed by atoms with van der Waals surface area (Å²) in [5.74, 6) is -3.67. The highest BCUT2D eigenvalue weighted by Gasteiger charge is 2.22. The molecular formula is C10H19N3O6. The topological polar surface area (TPSA) is 176 Å². The molecule has 8 N–H and O–H groups in total. The summed E-state index contributed by atoms with van der Waals surface area (Å²) in [5, 5.41) is 28.3. The van der Waals surface area contributed by atoms with Crippen LogP contribution in [0.5, 0.6) is 0 Å². The van der Waals surface area contributed by atoms with Crippen LogP contribution in [0.4, 0.5) is 0 Å². The van der Waals surface area contributed by atoms with E-state index in [1.54, 1.807) is 0 Å². The van der Waals surface area contributed by atoms with E-state index in [1.807, 2.05) is 0 Å². The molecule has 0 aromatic carbocycles. The normalized spacial score (nSPS) is 15.5. The van der Waals surface area contributed by atoms with Crippen molar-refractivity contribution in [2.75, 3.05) is 0 Å². The standard InChI is InChI=1S/C10H19N3O6/c11-5(9(16)17)2-1-3-7(12)13-6(10(18)19)4-8(14)15/h5-7,13H,1-4,11-12H2,(H,14,15)(H,16,17)(H,18,19)/t5-,6-,7?/m0/s1. The second-order valence-corrected chi connectivity index (χ2v) is 4.14. The van der Waals surface area contributed by atoms with Gasteiger partial charge < -0.3 is 26.8 Å². The summed E-state index contributed by atoms with van der Waals surface area (Å²) >= 11 is 0. The number of nitrogens with one attached hydrogen (secondary N) is 1. The zero-order valence-electron chi connectivity index (χ0n) is 10.3. The molecule has 9 heteroatoms. The second-order valence-electron chi connectivity index (χ2n) is 4.14. The first-order chi connectivity index (χ1) is 8.73. The van der Waals surface area contributed by atoms with Gasteiger partial charge in [-0.05, 0) is 19.3 Å². The Morgan fingerprint density at radius 3 is 2.00 bits per heavy atom. The summed E-state index contributed by atoms with van der Waals surface area (Å²) in [7, 11) is 0. The van der Waals surface area contributed by atoms with E-state index in [1.165, 1.54) is 0 Å². The molecule has 0 radical (unpaired) electrons. The maximum Gasteiger partial charge on any atom is 0.321 e. The highest BCUT2D eigenvalue weighted by atomic mass is 16.4. The number of aliphatic carboxylic acids is 3. The molecule has 1 unspecified atom stereocenters. The third-order valence-corrected chi connectivity index (χ3v) is 2.44. The molecule has 0 aromatic heterocycles. The van der Waals surface area contributed by atoms with Gasteiger partial charge in [-0.2, -0.15) is 0 Å². The zero-order chi connectivity index (χ0) is 15.0. The van der Waals surface area contributed by atoms with Crippen LogP contribution in [0.1, 0.15) is 25.7 Å². The lowest BCUT2D eigenvalue weighted by atomic mass is 10.1. The van der Waals surface area contributed by atoms with E-state index in [9.17, 15) is 14.4 Å². The molecule has 19 heavy (non-hydrogen) atoms. The average molecular weight is 277 g/mol. The lowest BCUT2D eigenvalue weighted by molar-refractivity contribution is -0.146. The predicted octanol–water partition coefficient (Wildman–Crippen LogP) is -1.63. The molecular weight excluding hydrogens is 258 g/mol. The van der Waals surface area contributed by atoms with Crippen molar-refractivity contribution in [3.05, 3.63) is 0 Å². The lowest BCUT2D eigenvalue weighted by Gasteiger charge is -2.19. The molecule has 0 spiro atoms. The molecule has 0 heterocycles. The molecule has 0 aromatic rings.